The van der Waals surface area contributed by atoms with Gasteiger partial charge in [-0.3, -0.25) is 9.98 Å². The van der Waals surface area contributed by atoms with Crippen LogP contribution in [-0.2, 0) is 25.7 Å². The topological polar surface area (TPSA) is 127 Å². The van der Waals surface area contributed by atoms with E-state index in [4.69, 9.17) is 0 Å². The van der Waals surface area contributed by atoms with Crippen LogP contribution in [0.15, 0.2) is 216 Å². The van der Waals surface area contributed by atoms with Gasteiger partial charge in [-0.2, -0.15) is 0 Å². The number of para-hydroxylation sites is 4. The summed E-state index contributed by atoms with van der Waals surface area (Å²) in [7, 11) is 0. The lowest BCUT2D eigenvalue weighted by molar-refractivity contribution is 0.158. The molecular weight excluding hydrogens is 915 g/mol. The van der Waals surface area contributed by atoms with Gasteiger partial charge in [0, 0.05) is 60.1 Å². The van der Waals surface area contributed by atoms with Crippen LogP contribution in [0.1, 0.15) is 59.3 Å². The average Bonchev–Trinajstić information content (AvgIpc) is 3.90. The molecule has 8 aromatic carbocycles. The van der Waals surface area contributed by atoms with E-state index in [1.54, 1.807) is 24.3 Å². The highest BCUT2D eigenvalue weighted by Crippen LogP contribution is 2.45. The second-order valence-electron chi connectivity index (χ2n) is 18.3. The monoisotopic (exact) mass is 976 g/mol. The first kappa shape index (κ1) is 51.4. The minimum atomic E-state index is -0.527. The van der Waals surface area contributed by atoms with Crippen molar-refractivity contribution in [2.45, 2.75) is 63.8 Å². The Labute approximate surface area is 427 Å². The summed E-state index contributed by atoms with van der Waals surface area (Å²) >= 11 is 0. The van der Waals surface area contributed by atoms with E-state index < -0.39 is 12.2 Å². The molecule has 6 N–H and O–H groups in total. The van der Waals surface area contributed by atoms with Crippen LogP contribution in [0.25, 0.3) is 0 Å². The molecule has 4 unspecified atom stereocenters. The standard InChI is InChI=1S/2C31H30FN3O.H2O/c2*1-22(33-19-18-23-12-15-25(32)16-13-23)34-26-17-14-24-20-30(36)31(29(24)21-26)35(27-8-4-2-5-9-27)28-10-6-3-7-11-28;/h2*2-17,21,30-31,36H,18-20H2,1H3,(H,33,34);1H2. The van der Waals surface area contributed by atoms with Crippen LogP contribution in [0.3, 0.4) is 0 Å². The van der Waals surface area contributed by atoms with E-state index in [0.717, 1.165) is 92.0 Å². The molecule has 0 saturated carbocycles. The molecule has 0 fully saturated rings. The molecule has 4 atom stereocenters. The summed E-state index contributed by atoms with van der Waals surface area (Å²) in [5.41, 5.74) is 12.7. The molecule has 9 nitrogen and oxygen atoms in total. The zero-order chi connectivity index (χ0) is 49.8. The van der Waals surface area contributed by atoms with E-state index in [1.165, 1.54) is 24.3 Å². The average molecular weight is 977 g/mol. The molecule has 0 saturated heterocycles. The number of aliphatic imine (C=N–C) groups is 2. The third kappa shape index (κ3) is 12.9. The summed E-state index contributed by atoms with van der Waals surface area (Å²) in [4.78, 5) is 13.7. The van der Waals surface area contributed by atoms with Crippen molar-refractivity contribution in [1.82, 2.24) is 0 Å². The second kappa shape index (κ2) is 24.4. The fourth-order valence-electron chi connectivity index (χ4n) is 9.78. The van der Waals surface area contributed by atoms with E-state index in [2.05, 4.69) is 103 Å². The molecule has 0 bridgehead atoms. The Balaban J connectivity index is 0.000000192. The van der Waals surface area contributed by atoms with Crippen LogP contribution >= 0.6 is 0 Å². The third-order valence-electron chi connectivity index (χ3n) is 13.2. The molecular formula is C62H62F2N6O3. The Hall–Kier alpha value is -7.96. The highest BCUT2D eigenvalue weighted by atomic mass is 19.1. The lowest BCUT2D eigenvalue weighted by Crippen LogP contribution is -2.30. The number of benzene rings is 8. The van der Waals surface area contributed by atoms with Crippen molar-refractivity contribution in [2.24, 2.45) is 9.98 Å². The predicted molar refractivity (Wildman–Crippen MR) is 295 cm³/mol. The Morgan fingerprint density at radius 3 is 1.10 bits per heavy atom. The van der Waals surface area contributed by atoms with Gasteiger partial charge >= 0.3 is 0 Å². The maximum atomic E-state index is 13.1. The predicted octanol–water partition coefficient (Wildman–Crippen LogP) is 12.6. The number of amidine groups is 2. The number of anilines is 6. The Bertz CT molecular complexity index is 2780. The van der Waals surface area contributed by atoms with Gasteiger partial charge in [0.15, 0.2) is 0 Å². The Kier molecular flexibility index (Phi) is 17.2. The van der Waals surface area contributed by atoms with Crippen LogP contribution in [0, 0.1) is 11.6 Å². The molecule has 8 aromatic rings. The molecule has 0 aromatic heterocycles. The fraction of sp³-hybridized carbons (Fsp3) is 0.194. The first-order chi connectivity index (χ1) is 35.2. The van der Waals surface area contributed by atoms with Crippen molar-refractivity contribution in [2.75, 3.05) is 33.5 Å². The number of aliphatic hydroxyl groups is 2. The minimum Gasteiger partial charge on any atom is -0.412 e. The van der Waals surface area contributed by atoms with E-state index in [0.29, 0.717) is 25.9 Å². The molecule has 0 amide bonds. The first-order valence-electron chi connectivity index (χ1n) is 24.6. The highest BCUT2D eigenvalue weighted by Gasteiger charge is 2.38. The van der Waals surface area contributed by atoms with Gasteiger partial charge in [-0.1, -0.05) is 109 Å². The van der Waals surface area contributed by atoms with Gasteiger partial charge in [-0.05, 0) is 157 Å². The summed E-state index contributed by atoms with van der Waals surface area (Å²) in [6.45, 7) is 5.13. The van der Waals surface area contributed by atoms with Gasteiger partial charge in [-0.25, -0.2) is 8.78 Å². The fourth-order valence-corrected chi connectivity index (χ4v) is 9.78. The Morgan fingerprint density at radius 1 is 0.466 bits per heavy atom. The van der Waals surface area contributed by atoms with Crippen molar-refractivity contribution in [1.29, 1.82) is 0 Å². The van der Waals surface area contributed by atoms with Crippen molar-refractivity contribution in [3.63, 3.8) is 0 Å². The van der Waals surface area contributed by atoms with E-state index in [1.807, 2.05) is 98.8 Å². The quantitative estimate of drug-likeness (QED) is 0.0635. The lowest BCUT2D eigenvalue weighted by Gasteiger charge is -2.34. The number of aliphatic hydroxyl groups excluding tert-OH is 2. The van der Waals surface area contributed by atoms with Gasteiger partial charge in [0.2, 0.25) is 0 Å². The van der Waals surface area contributed by atoms with Crippen LogP contribution in [-0.4, -0.2) is 52.7 Å². The third-order valence-corrected chi connectivity index (χ3v) is 13.2. The molecule has 0 radical (unpaired) electrons. The van der Waals surface area contributed by atoms with E-state index in [9.17, 15) is 19.0 Å². The number of halogens is 2. The first-order valence-corrected chi connectivity index (χ1v) is 24.6. The molecule has 73 heavy (non-hydrogen) atoms. The molecule has 0 spiro atoms. The van der Waals surface area contributed by atoms with Gasteiger partial charge in [0.25, 0.3) is 0 Å². The van der Waals surface area contributed by atoms with Gasteiger partial charge in [-0.15, -0.1) is 0 Å². The molecule has 2 aliphatic rings. The van der Waals surface area contributed by atoms with Crippen molar-refractivity contribution >= 4 is 45.8 Å². The number of rotatable bonds is 14. The number of nitrogens with one attached hydrogen (secondary N) is 2. The van der Waals surface area contributed by atoms with Crippen LogP contribution in [0.4, 0.5) is 42.9 Å². The second-order valence-corrected chi connectivity index (χ2v) is 18.3. The van der Waals surface area contributed by atoms with Gasteiger partial charge < -0.3 is 36.1 Å². The summed E-state index contributed by atoms with van der Waals surface area (Å²) in [5.74, 6) is 1.18. The number of hydrogen-bond acceptors (Lipinski definition) is 6. The molecule has 11 heteroatoms. The van der Waals surface area contributed by atoms with Crippen LogP contribution < -0.4 is 20.4 Å². The van der Waals surface area contributed by atoms with Crippen molar-refractivity contribution in [3.8, 4) is 0 Å². The van der Waals surface area contributed by atoms with E-state index >= 15 is 0 Å². The normalized spacial score (nSPS) is 16.8. The maximum Gasteiger partial charge on any atom is 0.123 e. The summed E-state index contributed by atoms with van der Waals surface area (Å²) in [5, 5.41) is 29.2. The van der Waals surface area contributed by atoms with Gasteiger partial charge in [0.1, 0.15) is 11.6 Å². The molecule has 0 aliphatic heterocycles. The number of nitrogens with zero attached hydrogens (tertiary/aromatic N) is 4. The zero-order valence-electron chi connectivity index (χ0n) is 41.1. The highest BCUT2D eigenvalue weighted by molar-refractivity contribution is 5.94. The van der Waals surface area contributed by atoms with E-state index in [-0.39, 0.29) is 29.2 Å². The molecule has 2 aliphatic carbocycles. The maximum absolute atomic E-state index is 13.1. The van der Waals surface area contributed by atoms with Crippen molar-refractivity contribution in [3.05, 3.63) is 251 Å². The lowest BCUT2D eigenvalue weighted by atomic mass is 10.0. The SMILES string of the molecule is CC(=NCCc1ccc(F)cc1)Nc1ccc2c(c1)C(N(c1ccccc1)c1ccccc1)C(O)C2.CC(=NCCc1ccc(F)cc1)Nc1ccc2c(c1)C(N(c1ccccc1)c1ccccc1)C(O)C2.O. The molecule has 10 rings (SSSR count). The van der Waals surface area contributed by atoms with Crippen LogP contribution in [0.2, 0.25) is 0 Å². The summed E-state index contributed by atoms with van der Waals surface area (Å²) < 4.78 is 26.2. The zero-order valence-corrected chi connectivity index (χ0v) is 41.1. The van der Waals surface area contributed by atoms with Crippen LogP contribution in [0.5, 0.6) is 0 Å². The summed E-state index contributed by atoms with van der Waals surface area (Å²) in [6.07, 6.45) is 1.67. The van der Waals surface area contributed by atoms with Gasteiger partial charge in [0.05, 0.1) is 36.0 Å². The summed E-state index contributed by atoms with van der Waals surface area (Å²) in [6, 6.07) is 66.1. The largest absolute Gasteiger partial charge is 0.412 e. The number of fused-ring (bicyclic) bond motifs is 2. The Morgan fingerprint density at radius 2 is 0.781 bits per heavy atom. The minimum absolute atomic E-state index is 0. The van der Waals surface area contributed by atoms with Crippen molar-refractivity contribution < 1.29 is 24.5 Å². The number of hydrogen-bond donors (Lipinski definition) is 4. The molecule has 372 valence electrons. The molecule has 0 heterocycles. The smallest absolute Gasteiger partial charge is 0.123 e.